The van der Waals surface area contributed by atoms with E-state index in [1.54, 1.807) is 19.1 Å². The summed E-state index contributed by atoms with van der Waals surface area (Å²) in [6, 6.07) is 5.42. The molecule has 0 aliphatic carbocycles. The lowest BCUT2D eigenvalue weighted by Gasteiger charge is -2.10. The van der Waals surface area contributed by atoms with Crippen LogP contribution in [0.5, 0.6) is 0 Å². The average Bonchev–Trinajstić information content (AvgIpc) is 2.38. The number of carbonyl (C=O) groups excluding carboxylic acids is 1. The van der Waals surface area contributed by atoms with E-state index < -0.39 is 11.5 Å². The molecular formula is C13H11BrClNO3. The van der Waals surface area contributed by atoms with Crippen molar-refractivity contribution in [1.82, 2.24) is 4.98 Å². The molecule has 0 saturated heterocycles. The van der Waals surface area contributed by atoms with Gasteiger partial charge in [-0.05, 0) is 34.5 Å². The predicted octanol–water partition coefficient (Wildman–Crippen LogP) is 3.21. The lowest BCUT2D eigenvalue weighted by Crippen LogP contribution is -2.22. The van der Waals surface area contributed by atoms with Gasteiger partial charge in [-0.3, -0.25) is 4.79 Å². The number of benzene rings is 1. The molecule has 0 aliphatic rings. The zero-order valence-corrected chi connectivity index (χ0v) is 12.5. The molecule has 1 aromatic carbocycles. The monoisotopic (exact) mass is 343 g/mol. The van der Waals surface area contributed by atoms with Crippen molar-refractivity contribution in [1.29, 1.82) is 0 Å². The SMILES string of the molecule is CCOC(=O)c1c(CCl)c2cccc(Br)c2[nH]c1=O. The number of pyridine rings is 1. The molecule has 6 heteroatoms. The minimum atomic E-state index is -0.652. The number of carbonyl (C=O) groups is 1. The summed E-state index contributed by atoms with van der Waals surface area (Å²) >= 11 is 9.26. The van der Waals surface area contributed by atoms with Gasteiger partial charge in [0.15, 0.2) is 0 Å². The number of ether oxygens (including phenoxy) is 1. The molecule has 1 heterocycles. The Morgan fingerprint density at radius 2 is 2.21 bits per heavy atom. The van der Waals surface area contributed by atoms with Crippen molar-refractivity contribution in [3.63, 3.8) is 0 Å². The van der Waals surface area contributed by atoms with E-state index in [4.69, 9.17) is 16.3 Å². The molecule has 1 N–H and O–H groups in total. The molecule has 100 valence electrons. The molecule has 1 aromatic heterocycles. The second kappa shape index (κ2) is 5.75. The van der Waals surface area contributed by atoms with Crippen LogP contribution in [0, 0.1) is 0 Å². The number of H-pyrrole nitrogens is 1. The van der Waals surface area contributed by atoms with Gasteiger partial charge >= 0.3 is 5.97 Å². The standard InChI is InChI=1S/C13H11BrClNO3/c1-2-19-13(18)10-8(6-15)7-4-3-5-9(14)11(7)16-12(10)17/h3-5H,2,6H2,1H3,(H,16,17). The van der Waals surface area contributed by atoms with E-state index in [9.17, 15) is 9.59 Å². The Labute approximate surface area is 122 Å². The highest BCUT2D eigenvalue weighted by molar-refractivity contribution is 9.10. The molecule has 0 fully saturated rings. The number of para-hydroxylation sites is 1. The average molecular weight is 345 g/mol. The topological polar surface area (TPSA) is 59.2 Å². The van der Waals surface area contributed by atoms with Crippen molar-refractivity contribution in [3.05, 3.63) is 44.2 Å². The Hall–Kier alpha value is -1.33. The van der Waals surface area contributed by atoms with E-state index >= 15 is 0 Å². The number of nitrogens with one attached hydrogen (secondary N) is 1. The highest BCUT2D eigenvalue weighted by Crippen LogP contribution is 2.26. The van der Waals surface area contributed by atoms with E-state index in [-0.39, 0.29) is 18.1 Å². The van der Waals surface area contributed by atoms with Crippen LogP contribution in [0.2, 0.25) is 0 Å². The largest absolute Gasteiger partial charge is 0.462 e. The van der Waals surface area contributed by atoms with Crippen LogP contribution in [0.1, 0.15) is 22.8 Å². The fourth-order valence-corrected chi connectivity index (χ4v) is 2.65. The van der Waals surface area contributed by atoms with Crippen molar-refractivity contribution in [2.75, 3.05) is 6.61 Å². The van der Waals surface area contributed by atoms with Crippen molar-refractivity contribution >= 4 is 44.4 Å². The normalized spacial score (nSPS) is 10.7. The minimum absolute atomic E-state index is 0.0255. The first-order valence-electron chi connectivity index (χ1n) is 5.66. The molecule has 0 aliphatic heterocycles. The van der Waals surface area contributed by atoms with Gasteiger partial charge in [0.1, 0.15) is 5.56 Å². The Morgan fingerprint density at radius 1 is 1.47 bits per heavy atom. The van der Waals surface area contributed by atoms with Crippen LogP contribution in [0.4, 0.5) is 0 Å². The summed E-state index contributed by atoms with van der Waals surface area (Å²) in [5.74, 6) is -0.591. The van der Waals surface area contributed by atoms with E-state index in [2.05, 4.69) is 20.9 Å². The number of alkyl halides is 1. The fourth-order valence-electron chi connectivity index (χ4n) is 1.91. The third kappa shape index (κ3) is 2.53. The van der Waals surface area contributed by atoms with Crippen LogP contribution in [0.25, 0.3) is 10.9 Å². The highest BCUT2D eigenvalue weighted by atomic mass is 79.9. The highest BCUT2D eigenvalue weighted by Gasteiger charge is 2.20. The molecule has 0 unspecified atom stereocenters. The van der Waals surface area contributed by atoms with Crippen LogP contribution in [-0.4, -0.2) is 17.6 Å². The van der Waals surface area contributed by atoms with Crippen molar-refractivity contribution in [3.8, 4) is 0 Å². The summed E-state index contributed by atoms with van der Waals surface area (Å²) in [6.07, 6.45) is 0. The lowest BCUT2D eigenvalue weighted by atomic mass is 10.0. The number of hydrogen-bond acceptors (Lipinski definition) is 3. The van der Waals surface area contributed by atoms with Gasteiger partial charge < -0.3 is 9.72 Å². The lowest BCUT2D eigenvalue weighted by molar-refractivity contribution is 0.0523. The van der Waals surface area contributed by atoms with Crippen molar-refractivity contribution in [2.45, 2.75) is 12.8 Å². The second-order valence-electron chi connectivity index (χ2n) is 3.82. The molecule has 0 spiro atoms. The molecule has 0 saturated carbocycles. The van der Waals surface area contributed by atoms with Crippen molar-refractivity contribution < 1.29 is 9.53 Å². The maximum absolute atomic E-state index is 12.0. The molecule has 4 nitrogen and oxygen atoms in total. The van der Waals surface area contributed by atoms with Gasteiger partial charge in [0.2, 0.25) is 0 Å². The second-order valence-corrected chi connectivity index (χ2v) is 4.95. The molecular weight excluding hydrogens is 334 g/mol. The summed E-state index contributed by atoms with van der Waals surface area (Å²) in [5, 5.41) is 0.729. The van der Waals surface area contributed by atoms with Gasteiger partial charge in [0, 0.05) is 15.7 Å². The molecule has 0 atom stereocenters. The van der Waals surface area contributed by atoms with E-state index in [1.165, 1.54) is 0 Å². The van der Waals surface area contributed by atoms with E-state index in [0.29, 0.717) is 11.1 Å². The van der Waals surface area contributed by atoms with Gasteiger partial charge in [-0.1, -0.05) is 12.1 Å². The number of rotatable bonds is 3. The zero-order chi connectivity index (χ0) is 14.0. The molecule has 2 aromatic rings. The molecule has 2 rings (SSSR count). The number of aromatic nitrogens is 1. The summed E-state index contributed by atoms with van der Waals surface area (Å²) < 4.78 is 5.64. The summed E-state index contributed by atoms with van der Waals surface area (Å²) in [5.41, 5.74) is 0.590. The Bertz CT molecular complexity index is 696. The van der Waals surface area contributed by atoms with Crippen LogP contribution in [0.15, 0.2) is 27.5 Å². The van der Waals surface area contributed by atoms with Crippen LogP contribution < -0.4 is 5.56 Å². The quantitative estimate of drug-likeness (QED) is 0.687. The van der Waals surface area contributed by atoms with E-state index in [1.807, 2.05) is 6.07 Å². The van der Waals surface area contributed by atoms with Crippen LogP contribution in [-0.2, 0) is 10.6 Å². The summed E-state index contributed by atoms with van der Waals surface area (Å²) in [6.45, 7) is 1.89. The van der Waals surface area contributed by atoms with Gasteiger partial charge in [-0.15, -0.1) is 11.6 Å². The van der Waals surface area contributed by atoms with Gasteiger partial charge in [0.25, 0.3) is 5.56 Å². The third-order valence-electron chi connectivity index (χ3n) is 2.72. The van der Waals surface area contributed by atoms with Crippen LogP contribution >= 0.6 is 27.5 Å². The zero-order valence-electron chi connectivity index (χ0n) is 10.1. The molecule has 0 amide bonds. The first-order valence-corrected chi connectivity index (χ1v) is 6.99. The Morgan fingerprint density at radius 3 is 2.84 bits per heavy atom. The number of halogens is 2. The Kier molecular flexibility index (Phi) is 4.27. The van der Waals surface area contributed by atoms with Gasteiger partial charge in [0.05, 0.1) is 12.1 Å². The number of hydrogen-bond donors (Lipinski definition) is 1. The van der Waals surface area contributed by atoms with Crippen molar-refractivity contribution in [2.24, 2.45) is 0 Å². The minimum Gasteiger partial charge on any atom is -0.462 e. The first-order chi connectivity index (χ1) is 9.10. The number of esters is 1. The third-order valence-corrected chi connectivity index (χ3v) is 3.65. The van der Waals surface area contributed by atoms with Gasteiger partial charge in [-0.25, -0.2) is 4.79 Å². The number of aromatic amines is 1. The summed E-state index contributed by atoms with van der Waals surface area (Å²) in [4.78, 5) is 26.6. The van der Waals surface area contributed by atoms with E-state index in [0.717, 1.165) is 9.86 Å². The molecule has 0 bridgehead atoms. The fraction of sp³-hybridized carbons (Fsp3) is 0.231. The van der Waals surface area contributed by atoms with Gasteiger partial charge in [-0.2, -0.15) is 0 Å². The first kappa shape index (κ1) is 14.1. The predicted molar refractivity (Wildman–Crippen MR) is 77.8 cm³/mol. The maximum atomic E-state index is 12.0. The number of fused-ring (bicyclic) bond motifs is 1. The van der Waals surface area contributed by atoms with Crippen LogP contribution in [0.3, 0.4) is 0 Å². The molecule has 0 radical (unpaired) electrons. The maximum Gasteiger partial charge on any atom is 0.344 e. The smallest absolute Gasteiger partial charge is 0.344 e. The molecule has 19 heavy (non-hydrogen) atoms. The summed E-state index contributed by atoms with van der Waals surface area (Å²) in [7, 11) is 0. The Balaban J connectivity index is 2.82.